The number of hydrogen-bond acceptors (Lipinski definition) is 5. The molecule has 0 radical (unpaired) electrons. The molecule has 0 bridgehead atoms. The molecule has 0 spiro atoms. The summed E-state index contributed by atoms with van der Waals surface area (Å²) in [6.45, 7) is 14.9. The molecule has 4 nitrogen and oxygen atoms in total. The van der Waals surface area contributed by atoms with Gasteiger partial charge in [0.15, 0.2) is 6.61 Å². The van der Waals surface area contributed by atoms with Crippen molar-refractivity contribution >= 4 is 23.5 Å². The Kier molecular flexibility index (Phi) is 13.3. The highest BCUT2D eigenvalue weighted by Crippen LogP contribution is 2.34. The van der Waals surface area contributed by atoms with Crippen LogP contribution in [0.15, 0.2) is 47.9 Å². The molecule has 0 atom stereocenters. The first-order chi connectivity index (χ1) is 17.3. The van der Waals surface area contributed by atoms with Gasteiger partial charge < -0.3 is 9.47 Å². The molecule has 1 aliphatic carbocycles. The van der Waals surface area contributed by atoms with E-state index < -0.39 is 17.3 Å². The van der Waals surface area contributed by atoms with Gasteiger partial charge >= 0.3 is 12.1 Å². The second-order valence-electron chi connectivity index (χ2n) is 9.31. The first-order valence-electron chi connectivity index (χ1n) is 12.5. The summed E-state index contributed by atoms with van der Waals surface area (Å²) in [6, 6.07) is 9.99. The molecule has 0 fully saturated rings. The number of aryl methyl sites for hydroxylation is 1. The first kappa shape index (κ1) is 32.6. The summed E-state index contributed by atoms with van der Waals surface area (Å²) in [5.74, 6) is 0.518. The fraction of sp³-hybridized carbons (Fsp3) is 0.483. The topological polar surface area (TPSA) is 47.6 Å². The summed E-state index contributed by atoms with van der Waals surface area (Å²) in [7, 11) is 1.66. The van der Waals surface area contributed by atoms with Crippen molar-refractivity contribution < 1.29 is 27.4 Å². The fourth-order valence-electron chi connectivity index (χ4n) is 3.58. The van der Waals surface area contributed by atoms with E-state index in [4.69, 9.17) is 9.47 Å². The lowest BCUT2D eigenvalue weighted by Gasteiger charge is -2.21. The molecule has 0 aromatic heterocycles. The number of nitrogens with one attached hydrogen (secondary N) is 1. The average molecular weight is 540 g/mol. The minimum Gasteiger partial charge on any atom is -0.482 e. The van der Waals surface area contributed by atoms with Gasteiger partial charge in [-0.25, -0.2) is 4.79 Å². The van der Waals surface area contributed by atoms with Crippen LogP contribution in [0.4, 0.5) is 13.2 Å². The van der Waals surface area contributed by atoms with Gasteiger partial charge in [0.1, 0.15) is 11.4 Å². The van der Waals surface area contributed by atoms with Gasteiger partial charge in [0.05, 0.1) is 5.56 Å². The average Bonchev–Trinajstić information content (AvgIpc) is 2.83. The zero-order chi connectivity index (χ0) is 28.2. The van der Waals surface area contributed by atoms with Crippen LogP contribution in [0, 0.1) is 0 Å². The minimum absolute atomic E-state index is 0.0201. The lowest BCUT2D eigenvalue weighted by Crippen LogP contribution is -2.27. The number of rotatable bonds is 6. The summed E-state index contributed by atoms with van der Waals surface area (Å²) in [4.78, 5) is 12.2. The fourth-order valence-corrected chi connectivity index (χ4v) is 4.18. The van der Waals surface area contributed by atoms with Gasteiger partial charge in [-0.2, -0.15) is 13.2 Å². The Morgan fingerprint density at radius 1 is 1.08 bits per heavy atom. The van der Waals surface area contributed by atoms with E-state index in [1.165, 1.54) is 24.0 Å². The van der Waals surface area contributed by atoms with E-state index in [0.29, 0.717) is 16.0 Å². The van der Waals surface area contributed by atoms with Gasteiger partial charge in [0.2, 0.25) is 0 Å². The summed E-state index contributed by atoms with van der Waals surface area (Å²) in [5, 5.41) is 0. The van der Waals surface area contributed by atoms with Crippen LogP contribution in [-0.2, 0) is 28.5 Å². The largest absolute Gasteiger partial charge is 0.482 e. The molecule has 1 aliphatic rings. The van der Waals surface area contributed by atoms with Crippen LogP contribution >= 0.6 is 11.9 Å². The molecule has 3 rings (SSSR count). The number of fused-ring (bicyclic) bond motifs is 1. The van der Waals surface area contributed by atoms with Gasteiger partial charge in [-0.05, 0) is 113 Å². The van der Waals surface area contributed by atoms with Crippen LogP contribution in [0.5, 0.6) is 5.75 Å². The first-order valence-corrected chi connectivity index (χ1v) is 13.3. The lowest BCUT2D eigenvalue weighted by molar-refractivity contribution is -0.157. The van der Waals surface area contributed by atoms with Crippen molar-refractivity contribution in [1.82, 2.24) is 4.72 Å². The number of alkyl halides is 3. The predicted molar refractivity (Wildman–Crippen MR) is 147 cm³/mol. The van der Waals surface area contributed by atoms with Crippen LogP contribution in [0.1, 0.15) is 76.6 Å². The molecule has 0 amide bonds. The van der Waals surface area contributed by atoms with Gasteiger partial charge in [0, 0.05) is 4.90 Å². The van der Waals surface area contributed by atoms with E-state index in [9.17, 15) is 18.0 Å². The Bertz CT molecular complexity index is 1030. The van der Waals surface area contributed by atoms with E-state index in [0.717, 1.165) is 42.7 Å². The predicted octanol–water partition coefficient (Wildman–Crippen LogP) is 8.28. The molecule has 8 heteroatoms. The lowest BCUT2D eigenvalue weighted by atomic mass is 9.91. The van der Waals surface area contributed by atoms with Gasteiger partial charge in [-0.15, -0.1) is 0 Å². The summed E-state index contributed by atoms with van der Waals surface area (Å²) in [5.41, 5.74) is 2.63. The molecular formula is C29H40F3NO3S. The smallest absolute Gasteiger partial charge is 0.416 e. The van der Waals surface area contributed by atoms with Crippen molar-refractivity contribution in [2.45, 2.75) is 83.9 Å². The third-order valence-electron chi connectivity index (χ3n) is 5.07. The second kappa shape index (κ2) is 15.1. The zero-order valence-corrected chi connectivity index (χ0v) is 23.8. The Labute approximate surface area is 224 Å². The number of carbonyl (C=O) groups is 1. The highest BCUT2D eigenvalue weighted by atomic mass is 32.2. The van der Waals surface area contributed by atoms with E-state index in [2.05, 4.69) is 17.4 Å². The normalized spacial score (nSPS) is 12.7. The van der Waals surface area contributed by atoms with Gasteiger partial charge in [-0.1, -0.05) is 38.1 Å². The van der Waals surface area contributed by atoms with Crippen LogP contribution in [0.2, 0.25) is 0 Å². The second-order valence-corrected chi connectivity index (χ2v) is 10.4. The maximum atomic E-state index is 12.6. The molecule has 2 aromatic rings. The zero-order valence-electron chi connectivity index (χ0n) is 23.0. The molecule has 0 aliphatic heterocycles. The van der Waals surface area contributed by atoms with Crippen LogP contribution in [0.25, 0.3) is 5.57 Å². The quantitative estimate of drug-likeness (QED) is 0.296. The molecule has 0 heterocycles. The van der Waals surface area contributed by atoms with Gasteiger partial charge in [0.25, 0.3) is 0 Å². The molecule has 37 heavy (non-hydrogen) atoms. The monoisotopic (exact) mass is 539 g/mol. The molecular weight excluding hydrogens is 499 g/mol. The van der Waals surface area contributed by atoms with Crippen molar-refractivity contribution in [3.05, 3.63) is 65.2 Å². The number of esters is 1. The van der Waals surface area contributed by atoms with E-state index >= 15 is 0 Å². The Morgan fingerprint density at radius 3 is 2.30 bits per heavy atom. The summed E-state index contributed by atoms with van der Waals surface area (Å²) < 4.78 is 51.4. The maximum absolute atomic E-state index is 12.6. The molecule has 206 valence electrons. The van der Waals surface area contributed by atoms with E-state index in [-0.39, 0.29) is 12.6 Å². The standard InChI is InChI=1S/C16H22O3.C11H12F3NS.C2H6/c1-16(2,3)19-15(17)11-18-14-10-6-8-12-7-4-5-9-13(12)14;1-7(2)8-4-9(11(12,13)14)6-10(5-8)16-15-3;1-2/h6,8,10H,4-5,7,9,11H2,1-3H3;4-6,15H,1H2,2-3H3;1-2H3. The Hall–Kier alpha value is -2.45. The van der Waals surface area contributed by atoms with Crippen molar-refractivity contribution in [2.24, 2.45) is 0 Å². The highest BCUT2D eigenvalue weighted by molar-refractivity contribution is 7.97. The van der Waals surface area contributed by atoms with Crippen LogP contribution < -0.4 is 9.46 Å². The van der Waals surface area contributed by atoms with Crippen molar-refractivity contribution in [3.8, 4) is 5.75 Å². The van der Waals surface area contributed by atoms with Crippen molar-refractivity contribution in [3.63, 3.8) is 0 Å². The van der Waals surface area contributed by atoms with E-state index in [1.54, 1.807) is 20.0 Å². The molecule has 0 saturated heterocycles. The summed E-state index contributed by atoms with van der Waals surface area (Å²) >= 11 is 1.15. The molecule has 1 N–H and O–H groups in total. The Morgan fingerprint density at radius 2 is 1.73 bits per heavy atom. The number of ether oxygens (including phenoxy) is 2. The van der Waals surface area contributed by atoms with Crippen LogP contribution in [-0.4, -0.2) is 25.2 Å². The number of hydrogen-bond donors (Lipinski definition) is 1. The number of carbonyl (C=O) groups excluding carboxylic acids is 1. The van der Waals surface area contributed by atoms with E-state index in [1.807, 2.05) is 46.8 Å². The SMILES string of the molecule is C=C(C)c1cc(SNC)cc(C(F)(F)F)c1.CC.CC(C)(C)OC(=O)COc1cccc2c1CCCC2. The number of halogens is 3. The number of allylic oxidation sites excluding steroid dienone is 1. The van der Waals surface area contributed by atoms with Gasteiger partial charge in [-0.3, -0.25) is 4.72 Å². The summed E-state index contributed by atoms with van der Waals surface area (Å²) in [6.07, 6.45) is 0.260. The molecule has 0 unspecified atom stereocenters. The highest BCUT2D eigenvalue weighted by Gasteiger charge is 2.31. The molecule has 0 saturated carbocycles. The molecule has 2 aromatic carbocycles. The minimum atomic E-state index is -4.32. The third kappa shape index (κ3) is 11.6. The Balaban J connectivity index is 0.000000352. The van der Waals surface area contributed by atoms with Crippen LogP contribution in [0.3, 0.4) is 0 Å². The van der Waals surface area contributed by atoms with Crippen molar-refractivity contribution in [1.29, 1.82) is 0 Å². The maximum Gasteiger partial charge on any atom is 0.416 e. The third-order valence-corrected chi connectivity index (χ3v) is 5.74. The number of benzene rings is 2. The van der Waals surface area contributed by atoms with Crippen molar-refractivity contribution in [2.75, 3.05) is 13.7 Å².